The van der Waals surface area contributed by atoms with Crippen LogP contribution in [-0.4, -0.2) is 5.78 Å². The van der Waals surface area contributed by atoms with Crippen LogP contribution in [0.3, 0.4) is 0 Å². The molecule has 0 heterocycles. The summed E-state index contributed by atoms with van der Waals surface area (Å²) in [5, 5.41) is 0. The van der Waals surface area contributed by atoms with Gasteiger partial charge in [-0.05, 0) is 34.4 Å². The highest BCUT2D eigenvalue weighted by molar-refractivity contribution is 6.35. The maximum absolute atomic E-state index is 13.2. The number of Topliss-reactive ketones (excluding diaryl/α,β-unsaturated/α-hetero) is 1. The molecular weight excluding hydrogens is 304 g/mol. The van der Waals surface area contributed by atoms with Crippen molar-refractivity contribution in [1.29, 1.82) is 0 Å². The van der Waals surface area contributed by atoms with E-state index >= 15 is 0 Å². The molecular formula is C24H18O. The van der Waals surface area contributed by atoms with Gasteiger partial charge >= 0.3 is 0 Å². The van der Waals surface area contributed by atoms with Crippen LogP contribution >= 0.6 is 0 Å². The Morgan fingerprint density at radius 3 is 1.88 bits per heavy atom. The molecule has 0 spiro atoms. The molecule has 1 aliphatic rings. The maximum atomic E-state index is 13.2. The molecule has 0 unspecified atom stereocenters. The molecule has 1 nitrogen and oxygen atoms in total. The molecule has 0 N–H and O–H groups in total. The summed E-state index contributed by atoms with van der Waals surface area (Å²) < 4.78 is 0. The summed E-state index contributed by atoms with van der Waals surface area (Å²) in [6.07, 6.45) is 4.69. The van der Waals surface area contributed by atoms with Crippen molar-refractivity contribution in [2.45, 2.75) is 6.42 Å². The highest BCUT2D eigenvalue weighted by Gasteiger charge is 2.25. The fourth-order valence-corrected chi connectivity index (χ4v) is 3.24. The average Bonchev–Trinajstić information content (AvgIpc) is 2.67. The maximum Gasteiger partial charge on any atom is 0.189 e. The van der Waals surface area contributed by atoms with Gasteiger partial charge in [0.1, 0.15) is 0 Å². The number of fused-ring (bicyclic) bond motifs is 1. The minimum Gasteiger partial charge on any atom is -0.289 e. The first-order valence-corrected chi connectivity index (χ1v) is 8.46. The van der Waals surface area contributed by atoms with Gasteiger partial charge in [-0.15, -0.1) is 0 Å². The van der Waals surface area contributed by atoms with Gasteiger partial charge in [-0.1, -0.05) is 84.9 Å². The number of allylic oxidation sites excluding steroid dienone is 2. The van der Waals surface area contributed by atoms with Gasteiger partial charge in [0, 0.05) is 17.6 Å². The van der Waals surface area contributed by atoms with E-state index in [2.05, 4.69) is 6.07 Å². The van der Waals surface area contributed by atoms with Crippen molar-refractivity contribution in [2.75, 3.05) is 0 Å². The Morgan fingerprint density at radius 1 is 0.640 bits per heavy atom. The van der Waals surface area contributed by atoms with Crippen molar-refractivity contribution in [3.05, 3.63) is 113 Å². The molecule has 0 amide bonds. The number of hydrogen-bond acceptors (Lipinski definition) is 1. The summed E-state index contributed by atoms with van der Waals surface area (Å²) in [6, 6.07) is 28.2. The van der Waals surface area contributed by atoms with E-state index in [1.165, 1.54) is 5.56 Å². The molecule has 0 aliphatic heterocycles. The van der Waals surface area contributed by atoms with Crippen LogP contribution in [0, 0.1) is 0 Å². The molecule has 1 aliphatic carbocycles. The molecule has 0 saturated carbocycles. The van der Waals surface area contributed by atoms with E-state index in [1.807, 2.05) is 91.0 Å². The Balaban J connectivity index is 1.84. The topological polar surface area (TPSA) is 17.1 Å². The molecule has 4 rings (SSSR count). The predicted molar refractivity (Wildman–Crippen MR) is 104 cm³/mol. The van der Waals surface area contributed by atoms with Gasteiger partial charge in [0.15, 0.2) is 5.78 Å². The van der Waals surface area contributed by atoms with Gasteiger partial charge in [0.25, 0.3) is 0 Å². The van der Waals surface area contributed by atoms with Crippen LogP contribution < -0.4 is 0 Å². The second-order valence-corrected chi connectivity index (χ2v) is 6.21. The smallest absolute Gasteiger partial charge is 0.189 e. The summed E-state index contributed by atoms with van der Waals surface area (Å²) in [6.45, 7) is 0. The van der Waals surface area contributed by atoms with E-state index in [-0.39, 0.29) is 5.78 Å². The Hall–Kier alpha value is -3.19. The number of hydrogen-bond donors (Lipinski definition) is 0. The van der Waals surface area contributed by atoms with Gasteiger partial charge in [-0.3, -0.25) is 4.79 Å². The Kier molecular flexibility index (Phi) is 4.14. The first-order valence-electron chi connectivity index (χ1n) is 8.46. The summed E-state index contributed by atoms with van der Waals surface area (Å²) in [5.74, 6) is 0.117. The van der Waals surface area contributed by atoms with Gasteiger partial charge in [-0.25, -0.2) is 0 Å². The van der Waals surface area contributed by atoms with Gasteiger partial charge in [-0.2, -0.15) is 0 Å². The van der Waals surface area contributed by atoms with Crippen LogP contribution in [0.1, 0.15) is 22.3 Å². The average molecular weight is 322 g/mol. The Labute approximate surface area is 148 Å². The number of rotatable bonds is 2. The SMILES string of the molecule is O=C1/C(=C\c2ccccc2)Cc2ccccc2/C1=C\c1ccccc1. The van der Waals surface area contributed by atoms with Crippen LogP contribution in [-0.2, 0) is 11.2 Å². The van der Waals surface area contributed by atoms with E-state index in [9.17, 15) is 4.79 Å². The van der Waals surface area contributed by atoms with Crippen molar-refractivity contribution in [3.63, 3.8) is 0 Å². The van der Waals surface area contributed by atoms with Crippen molar-refractivity contribution in [2.24, 2.45) is 0 Å². The van der Waals surface area contributed by atoms with E-state index in [0.29, 0.717) is 6.42 Å². The van der Waals surface area contributed by atoms with Crippen molar-refractivity contribution >= 4 is 23.5 Å². The summed E-state index contributed by atoms with van der Waals surface area (Å²) in [5.41, 5.74) is 5.96. The molecule has 0 aromatic heterocycles. The lowest BCUT2D eigenvalue weighted by Crippen LogP contribution is -2.15. The number of ketones is 1. The first-order chi connectivity index (χ1) is 12.3. The second-order valence-electron chi connectivity index (χ2n) is 6.21. The molecule has 0 radical (unpaired) electrons. The molecule has 0 bridgehead atoms. The fraction of sp³-hybridized carbons (Fsp3) is 0.0417. The largest absolute Gasteiger partial charge is 0.289 e. The Morgan fingerprint density at radius 2 is 1.20 bits per heavy atom. The number of benzene rings is 3. The summed E-state index contributed by atoms with van der Waals surface area (Å²) in [4.78, 5) is 13.2. The quantitative estimate of drug-likeness (QED) is 0.574. The Bertz CT molecular complexity index is 963. The van der Waals surface area contributed by atoms with Crippen LogP contribution in [0.4, 0.5) is 0 Å². The molecule has 25 heavy (non-hydrogen) atoms. The van der Waals surface area contributed by atoms with Crippen LogP contribution in [0.15, 0.2) is 90.5 Å². The number of carbonyl (C=O) groups is 1. The van der Waals surface area contributed by atoms with E-state index in [0.717, 1.165) is 27.8 Å². The zero-order valence-corrected chi connectivity index (χ0v) is 13.9. The van der Waals surface area contributed by atoms with E-state index in [1.54, 1.807) is 0 Å². The van der Waals surface area contributed by atoms with Crippen molar-refractivity contribution in [3.8, 4) is 0 Å². The first kappa shape index (κ1) is 15.3. The molecule has 0 fully saturated rings. The van der Waals surface area contributed by atoms with Gasteiger partial charge in [0.05, 0.1) is 0 Å². The lowest BCUT2D eigenvalue weighted by Gasteiger charge is -2.21. The summed E-state index contributed by atoms with van der Waals surface area (Å²) in [7, 11) is 0. The van der Waals surface area contributed by atoms with Gasteiger partial charge < -0.3 is 0 Å². The number of carbonyl (C=O) groups excluding carboxylic acids is 1. The highest BCUT2D eigenvalue weighted by Crippen LogP contribution is 2.33. The monoisotopic (exact) mass is 322 g/mol. The third-order valence-corrected chi connectivity index (χ3v) is 4.48. The molecule has 120 valence electrons. The zero-order valence-electron chi connectivity index (χ0n) is 13.9. The second kappa shape index (κ2) is 6.74. The van der Waals surface area contributed by atoms with E-state index in [4.69, 9.17) is 0 Å². The third kappa shape index (κ3) is 3.22. The molecule has 1 heteroatoms. The lowest BCUT2D eigenvalue weighted by atomic mass is 9.81. The van der Waals surface area contributed by atoms with E-state index < -0.39 is 0 Å². The lowest BCUT2D eigenvalue weighted by molar-refractivity contribution is -0.110. The molecule has 0 saturated heterocycles. The standard InChI is InChI=1S/C24H18O/c25-24-21(15-18-9-3-1-4-10-18)17-20-13-7-8-14-22(20)23(24)16-19-11-5-2-6-12-19/h1-16H,17H2/b21-15-,23-16+. The van der Waals surface area contributed by atoms with Crippen molar-refractivity contribution < 1.29 is 4.79 Å². The normalized spacial score (nSPS) is 16.9. The third-order valence-electron chi connectivity index (χ3n) is 4.48. The molecule has 3 aromatic carbocycles. The minimum atomic E-state index is 0.117. The molecule has 3 aromatic rings. The van der Waals surface area contributed by atoms with Crippen LogP contribution in [0.25, 0.3) is 17.7 Å². The fourth-order valence-electron chi connectivity index (χ4n) is 3.24. The van der Waals surface area contributed by atoms with Gasteiger partial charge in [0.2, 0.25) is 0 Å². The highest BCUT2D eigenvalue weighted by atomic mass is 16.1. The molecule has 0 atom stereocenters. The zero-order chi connectivity index (χ0) is 17.1. The summed E-state index contributed by atoms with van der Waals surface area (Å²) >= 11 is 0. The predicted octanol–water partition coefficient (Wildman–Crippen LogP) is 5.44. The minimum absolute atomic E-state index is 0.117. The van der Waals surface area contributed by atoms with Crippen LogP contribution in [0.2, 0.25) is 0 Å². The van der Waals surface area contributed by atoms with Crippen LogP contribution in [0.5, 0.6) is 0 Å². The van der Waals surface area contributed by atoms with Crippen molar-refractivity contribution in [1.82, 2.24) is 0 Å².